The average molecular weight is 540 g/mol. The van der Waals surface area contributed by atoms with Gasteiger partial charge in [0.05, 0.1) is 27.0 Å². The number of rotatable bonds is 8. The molecule has 2 aromatic rings. The summed E-state index contributed by atoms with van der Waals surface area (Å²) < 4.78 is 16.2. The lowest BCUT2D eigenvalue weighted by Crippen LogP contribution is -2.31. The van der Waals surface area contributed by atoms with Gasteiger partial charge in [-0.25, -0.2) is 0 Å². The minimum Gasteiger partial charge on any atom is -0.495 e. The van der Waals surface area contributed by atoms with Gasteiger partial charge in [-0.3, -0.25) is 4.99 Å². The zero-order chi connectivity index (χ0) is 21.3. The number of benzene rings is 2. The smallest absolute Gasteiger partial charge is 0.195 e. The van der Waals surface area contributed by atoms with Crippen LogP contribution in [-0.2, 0) is 0 Å². The van der Waals surface area contributed by atoms with Crippen LogP contribution < -0.4 is 29.7 Å². The molecule has 2 aromatic carbocycles. The fourth-order valence-corrected chi connectivity index (χ4v) is 3.67. The highest BCUT2D eigenvalue weighted by molar-refractivity contribution is 14.0. The Balaban J connectivity index is 0.00000341. The number of halogens is 1. The number of methoxy groups -OCH3 is 3. The van der Waals surface area contributed by atoms with Gasteiger partial charge in [0.25, 0.3) is 0 Å². The third-order valence-electron chi connectivity index (χ3n) is 5.21. The molecule has 31 heavy (non-hydrogen) atoms. The van der Waals surface area contributed by atoms with E-state index in [-0.39, 0.29) is 24.0 Å². The number of hydrogen-bond acceptors (Lipinski definition) is 5. The van der Waals surface area contributed by atoms with Gasteiger partial charge in [0.1, 0.15) is 5.75 Å². The molecular formula is C23H33IN4O3. The SMILES string of the molecule is CCNC(=NCC1CCN(c2ccccc2OC)C1)Nc1ccc(OC)c(OC)c1.I. The second-order valence-electron chi connectivity index (χ2n) is 7.19. The van der Waals surface area contributed by atoms with Gasteiger partial charge in [0.2, 0.25) is 0 Å². The molecule has 170 valence electrons. The van der Waals surface area contributed by atoms with E-state index in [1.807, 2.05) is 30.3 Å². The molecule has 1 unspecified atom stereocenters. The first-order valence-corrected chi connectivity index (χ1v) is 10.3. The van der Waals surface area contributed by atoms with Gasteiger partial charge < -0.3 is 29.7 Å². The summed E-state index contributed by atoms with van der Waals surface area (Å²) in [6.45, 7) is 5.59. The van der Waals surface area contributed by atoms with E-state index in [2.05, 4.69) is 34.6 Å². The average Bonchev–Trinajstić information content (AvgIpc) is 3.26. The van der Waals surface area contributed by atoms with Crippen molar-refractivity contribution in [2.75, 3.05) is 57.7 Å². The van der Waals surface area contributed by atoms with E-state index in [1.54, 1.807) is 21.3 Å². The first kappa shape index (κ1) is 24.9. The highest BCUT2D eigenvalue weighted by Crippen LogP contribution is 2.32. The second-order valence-corrected chi connectivity index (χ2v) is 7.19. The number of hydrogen-bond donors (Lipinski definition) is 2. The molecule has 1 saturated heterocycles. The molecule has 1 fully saturated rings. The van der Waals surface area contributed by atoms with Crippen molar-refractivity contribution in [3.05, 3.63) is 42.5 Å². The molecular weight excluding hydrogens is 507 g/mol. The topological polar surface area (TPSA) is 67.4 Å². The van der Waals surface area contributed by atoms with Crippen LogP contribution in [0.25, 0.3) is 0 Å². The number of anilines is 2. The molecule has 0 spiro atoms. The van der Waals surface area contributed by atoms with Gasteiger partial charge in [0.15, 0.2) is 17.5 Å². The van der Waals surface area contributed by atoms with Crippen LogP contribution in [0.1, 0.15) is 13.3 Å². The number of nitrogens with zero attached hydrogens (tertiary/aromatic N) is 2. The lowest BCUT2D eigenvalue weighted by Gasteiger charge is -2.21. The van der Waals surface area contributed by atoms with E-state index in [4.69, 9.17) is 19.2 Å². The van der Waals surface area contributed by atoms with Crippen LogP contribution in [0.5, 0.6) is 17.2 Å². The van der Waals surface area contributed by atoms with E-state index in [0.29, 0.717) is 17.4 Å². The molecule has 1 aliphatic heterocycles. The summed E-state index contributed by atoms with van der Waals surface area (Å²) in [5.41, 5.74) is 2.05. The maximum absolute atomic E-state index is 5.52. The van der Waals surface area contributed by atoms with Gasteiger partial charge in [-0.1, -0.05) is 12.1 Å². The largest absolute Gasteiger partial charge is 0.495 e. The number of aliphatic imine (C=N–C) groups is 1. The lowest BCUT2D eigenvalue weighted by atomic mass is 10.1. The fourth-order valence-electron chi connectivity index (χ4n) is 3.67. The van der Waals surface area contributed by atoms with Gasteiger partial charge in [-0.2, -0.15) is 0 Å². The van der Waals surface area contributed by atoms with Crippen molar-refractivity contribution in [2.24, 2.45) is 10.9 Å². The summed E-state index contributed by atoms with van der Waals surface area (Å²) in [4.78, 5) is 7.21. The van der Waals surface area contributed by atoms with Crippen molar-refractivity contribution in [3.8, 4) is 17.2 Å². The van der Waals surface area contributed by atoms with Gasteiger partial charge in [-0.15, -0.1) is 24.0 Å². The predicted molar refractivity (Wildman–Crippen MR) is 138 cm³/mol. The van der Waals surface area contributed by atoms with Crippen molar-refractivity contribution in [3.63, 3.8) is 0 Å². The van der Waals surface area contributed by atoms with Crippen LogP contribution in [-0.4, -0.2) is 53.5 Å². The van der Waals surface area contributed by atoms with Crippen molar-refractivity contribution in [1.29, 1.82) is 0 Å². The summed E-state index contributed by atoms with van der Waals surface area (Å²) in [5.74, 6) is 3.57. The first-order chi connectivity index (χ1) is 14.7. The van der Waals surface area contributed by atoms with Gasteiger partial charge >= 0.3 is 0 Å². The normalized spacial score (nSPS) is 15.8. The highest BCUT2D eigenvalue weighted by atomic mass is 127. The van der Waals surface area contributed by atoms with Crippen LogP contribution in [0.15, 0.2) is 47.5 Å². The second kappa shape index (κ2) is 12.5. The molecule has 0 radical (unpaired) electrons. The minimum atomic E-state index is 0. The minimum absolute atomic E-state index is 0. The van der Waals surface area contributed by atoms with E-state index in [0.717, 1.165) is 55.7 Å². The highest BCUT2D eigenvalue weighted by Gasteiger charge is 2.24. The van der Waals surface area contributed by atoms with Crippen molar-refractivity contribution in [2.45, 2.75) is 13.3 Å². The lowest BCUT2D eigenvalue weighted by molar-refractivity contribution is 0.355. The van der Waals surface area contributed by atoms with Crippen LogP contribution in [0.4, 0.5) is 11.4 Å². The summed E-state index contributed by atoms with van der Waals surface area (Å²) in [6, 6.07) is 13.9. The quantitative estimate of drug-likeness (QED) is 0.297. The number of guanidine groups is 1. The van der Waals surface area contributed by atoms with Crippen molar-refractivity contribution >= 4 is 41.3 Å². The van der Waals surface area contributed by atoms with Crippen molar-refractivity contribution in [1.82, 2.24) is 5.32 Å². The zero-order valence-corrected chi connectivity index (χ0v) is 21.0. The Labute approximate surface area is 202 Å². The fraction of sp³-hybridized carbons (Fsp3) is 0.435. The van der Waals surface area contributed by atoms with Crippen LogP contribution in [0.3, 0.4) is 0 Å². The standard InChI is InChI=1S/C23H32N4O3.HI/c1-5-24-23(26-18-10-11-21(29-3)22(14-18)30-4)25-15-17-12-13-27(16-17)19-8-6-7-9-20(19)28-2;/h6-11,14,17H,5,12-13,15-16H2,1-4H3,(H2,24,25,26);1H. The maximum Gasteiger partial charge on any atom is 0.195 e. The molecule has 0 saturated carbocycles. The van der Waals surface area contributed by atoms with Gasteiger partial charge in [0, 0.05) is 37.9 Å². The third kappa shape index (κ3) is 6.56. The Kier molecular flexibility index (Phi) is 10.0. The Morgan fingerprint density at radius 3 is 2.48 bits per heavy atom. The number of ether oxygens (including phenoxy) is 3. The Hall–Kier alpha value is -2.36. The van der Waals surface area contributed by atoms with E-state index < -0.39 is 0 Å². The van der Waals surface area contributed by atoms with Crippen LogP contribution in [0.2, 0.25) is 0 Å². The molecule has 7 nitrogen and oxygen atoms in total. The van der Waals surface area contributed by atoms with Gasteiger partial charge in [-0.05, 0) is 43.5 Å². The molecule has 1 heterocycles. The molecule has 1 aliphatic rings. The molecule has 3 rings (SSSR count). The number of nitrogens with one attached hydrogen (secondary N) is 2. The van der Waals surface area contributed by atoms with E-state index in [9.17, 15) is 0 Å². The summed E-state index contributed by atoms with van der Waals surface area (Å²) in [6.07, 6.45) is 1.11. The molecule has 1 atom stereocenters. The van der Waals surface area contributed by atoms with E-state index >= 15 is 0 Å². The number of para-hydroxylation sites is 2. The molecule has 0 amide bonds. The monoisotopic (exact) mass is 540 g/mol. The Morgan fingerprint density at radius 1 is 1.03 bits per heavy atom. The summed E-state index contributed by atoms with van der Waals surface area (Å²) in [5, 5.41) is 6.68. The molecule has 2 N–H and O–H groups in total. The Morgan fingerprint density at radius 2 is 1.77 bits per heavy atom. The third-order valence-corrected chi connectivity index (χ3v) is 5.21. The predicted octanol–water partition coefficient (Wildman–Crippen LogP) is 4.23. The molecule has 8 heteroatoms. The molecule has 0 aromatic heterocycles. The summed E-state index contributed by atoms with van der Waals surface area (Å²) in [7, 11) is 4.99. The van der Waals surface area contributed by atoms with Crippen molar-refractivity contribution < 1.29 is 14.2 Å². The van der Waals surface area contributed by atoms with Crippen LogP contribution >= 0.6 is 24.0 Å². The Bertz CT molecular complexity index is 862. The van der Waals surface area contributed by atoms with E-state index in [1.165, 1.54) is 0 Å². The molecule has 0 bridgehead atoms. The first-order valence-electron chi connectivity index (χ1n) is 10.3. The maximum atomic E-state index is 5.52. The van der Waals surface area contributed by atoms with Crippen LogP contribution in [0, 0.1) is 5.92 Å². The summed E-state index contributed by atoms with van der Waals surface area (Å²) >= 11 is 0. The molecule has 0 aliphatic carbocycles. The zero-order valence-electron chi connectivity index (χ0n) is 18.7.